The first-order valence-electron chi connectivity index (χ1n) is 8.62. The third kappa shape index (κ3) is 4.21. The third-order valence-corrected chi connectivity index (χ3v) is 4.56. The quantitative estimate of drug-likeness (QED) is 0.875. The summed E-state index contributed by atoms with van der Waals surface area (Å²) in [6.45, 7) is 0.944. The van der Waals surface area contributed by atoms with Crippen molar-refractivity contribution >= 4 is 17.5 Å². The third-order valence-electron chi connectivity index (χ3n) is 4.56. The highest BCUT2D eigenvalue weighted by Crippen LogP contribution is 2.30. The molecule has 1 unspecified atom stereocenters. The number of furan rings is 1. The Balaban J connectivity index is 1.64. The zero-order chi connectivity index (χ0) is 17.6. The largest absolute Gasteiger partial charge is 0.467 e. The van der Waals surface area contributed by atoms with Crippen molar-refractivity contribution in [2.24, 2.45) is 5.73 Å². The van der Waals surface area contributed by atoms with Gasteiger partial charge in [0.1, 0.15) is 5.76 Å². The molecule has 1 aromatic carbocycles. The number of rotatable bonds is 5. The van der Waals surface area contributed by atoms with E-state index in [0.29, 0.717) is 5.56 Å². The fraction of sp³-hybridized carbons (Fsp3) is 0.368. The smallest absolute Gasteiger partial charge is 0.248 e. The second-order valence-corrected chi connectivity index (χ2v) is 6.26. The van der Waals surface area contributed by atoms with E-state index in [9.17, 15) is 9.59 Å². The number of carbonyl (C=O) groups excluding carboxylic acids is 2. The second kappa shape index (κ2) is 7.88. The van der Waals surface area contributed by atoms with E-state index >= 15 is 0 Å². The Labute approximate surface area is 147 Å². The summed E-state index contributed by atoms with van der Waals surface area (Å²) < 4.78 is 5.55. The number of carbonyl (C=O) groups is 2. The topological polar surface area (TPSA) is 88.6 Å². The van der Waals surface area contributed by atoms with Gasteiger partial charge in [-0.3, -0.25) is 9.59 Å². The maximum atomic E-state index is 12.8. The maximum Gasteiger partial charge on any atom is 0.248 e. The van der Waals surface area contributed by atoms with Crippen molar-refractivity contribution in [3.8, 4) is 0 Å². The number of hydrogen-bond acceptors (Lipinski definition) is 4. The van der Waals surface area contributed by atoms with E-state index in [4.69, 9.17) is 10.2 Å². The van der Waals surface area contributed by atoms with Gasteiger partial charge in [-0.1, -0.05) is 12.8 Å². The highest BCUT2D eigenvalue weighted by Gasteiger charge is 2.28. The SMILES string of the molecule is NC(=O)c1ccc(NCC(=O)N2CCCCCC2c2ccco2)cc1. The molecule has 0 saturated carbocycles. The molecule has 1 atom stereocenters. The molecule has 2 aromatic rings. The number of primary amides is 1. The van der Waals surface area contributed by atoms with Crippen LogP contribution in [0.5, 0.6) is 0 Å². The van der Waals surface area contributed by atoms with Crippen molar-refractivity contribution in [3.05, 3.63) is 54.0 Å². The Hall–Kier alpha value is -2.76. The van der Waals surface area contributed by atoms with E-state index < -0.39 is 5.91 Å². The Morgan fingerprint density at radius 3 is 2.64 bits per heavy atom. The molecule has 1 saturated heterocycles. The molecule has 1 aliphatic rings. The Kier molecular flexibility index (Phi) is 5.38. The summed E-state index contributed by atoms with van der Waals surface area (Å²) in [6.07, 6.45) is 5.81. The molecule has 0 bridgehead atoms. The summed E-state index contributed by atoms with van der Waals surface area (Å²) in [5.74, 6) is 0.428. The molecule has 6 nitrogen and oxygen atoms in total. The minimum atomic E-state index is -0.464. The van der Waals surface area contributed by atoms with E-state index in [-0.39, 0.29) is 18.5 Å². The fourth-order valence-corrected chi connectivity index (χ4v) is 3.22. The number of hydrogen-bond donors (Lipinski definition) is 2. The molecule has 1 aromatic heterocycles. The van der Waals surface area contributed by atoms with Gasteiger partial charge < -0.3 is 20.4 Å². The number of benzene rings is 1. The lowest BCUT2D eigenvalue weighted by Gasteiger charge is -2.29. The van der Waals surface area contributed by atoms with Crippen molar-refractivity contribution in [1.82, 2.24) is 4.90 Å². The van der Waals surface area contributed by atoms with Gasteiger partial charge >= 0.3 is 0 Å². The molecule has 3 rings (SSSR count). The molecule has 132 valence electrons. The monoisotopic (exact) mass is 341 g/mol. The summed E-state index contributed by atoms with van der Waals surface area (Å²) in [5.41, 5.74) is 6.46. The molecule has 0 radical (unpaired) electrons. The van der Waals surface area contributed by atoms with E-state index in [0.717, 1.165) is 43.7 Å². The van der Waals surface area contributed by atoms with Gasteiger partial charge in [-0.2, -0.15) is 0 Å². The molecule has 1 aliphatic heterocycles. The lowest BCUT2D eigenvalue weighted by Crippen LogP contribution is -2.38. The lowest BCUT2D eigenvalue weighted by molar-refractivity contribution is -0.132. The minimum absolute atomic E-state index is 0.00374. The number of amides is 2. The van der Waals surface area contributed by atoms with E-state index in [2.05, 4.69) is 5.32 Å². The standard InChI is InChI=1S/C19H23N3O3/c20-19(24)14-7-9-15(10-8-14)21-13-18(23)22-11-3-1-2-5-16(22)17-6-4-12-25-17/h4,6-10,12,16,21H,1-3,5,11,13H2,(H2,20,24). The molecule has 0 aliphatic carbocycles. The molecule has 25 heavy (non-hydrogen) atoms. The molecule has 6 heteroatoms. The summed E-state index contributed by atoms with van der Waals surface area (Å²) >= 11 is 0. The van der Waals surface area contributed by atoms with Crippen LogP contribution < -0.4 is 11.1 Å². The Morgan fingerprint density at radius 1 is 1.16 bits per heavy atom. The lowest BCUT2D eigenvalue weighted by atomic mass is 10.1. The van der Waals surface area contributed by atoms with Crippen molar-refractivity contribution in [1.29, 1.82) is 0 Å². The molecule has 0 spiro atoms. The van der Waals surface area contributed by atoms with Gasteiger partial charge in [0.2, 0.25) is 11.8 Å². The van der Waals surface area contributed by atoms with Crippen LogP contribution in [-0.4, -0.2) is 29.8 Å². The van der Waals surface area contributed by atoms with Gasteiger partial charge in [0, 0.05) is 17.8 Å². The maximum absolute atomic E-state index is 12.8. The van der Waals surface area contributed by atoms with Gasteiger partial charge in [-0.15, -0.1) is 0 Å². The van der Waals surface area contributed by atoms with Crippen molar-refractivity contribution in [2.75, 3.05) is 18.4 Å². The Bertz CT molecular complexity index is 710. The number of nitrogens with one attached hydrogen (secondary N) is 1. The van der Waals surface area contributed by atoms with Gasteiger partial charge in [-0.05, 0) is 49.2 Å². The number of nitrogens with zero attached hydrogens (tertiary/aromatic N) is 1. The molecule has 1 fully saturated rings. The van der Waals surface area contributed by atoms with E-state index in [1.54, 1.807) is 30.5 Å². The van der Waals surface area contributed by atoms with Crippen LogP contribution in [0.3, 0.4) is 0 Å². The normalized spacial score (nSPS) is 17.8. The van der Waals surface area contributed by atoms with Crippen LogP contribution in [0.1, 0.15) is 47.8 Å². The van der Waals surface area contributed by atoms with Gasteiger partial charge in [0.05, 0.1) is 18.8 Å². The Morgan fingerprint density at radius 2 is 1.96 bits per heavy atom. The zero-order valence-electron chi connectivity index (χ0n) is 14.1. The van der Waals surface area contributed by atoms with Crippen molar-refractivity contribution < 1.29 is 14.0 Å². The zero-order valence-corrected chi connectivity index (χ0v) is 14.1. The van der Waals surface area contributed by atoms with Crippen LogP contribution in [-0.2, 0) is 4.79 Å². The number of anilines is 1. The summed E-state index contributed by atoms with van der Waals surface area (Å²) in [7, 11) is 0. The average Bonchev–Trinajstić information content (AvgIpc) is 3.04. The van der Waals surface area contributed by atoms with Gasteiger partial charge in [0.15, 0.2) is 0 Å². The predicted molar refractivity (Wildman–Crippen MR) is 95.1 cm³/mol. The number of nitrogens with two attached hydrogens (primary N) is 1. The van der Waals surface area contributed by atoms with Crippen LogP contribution in [0.2, 0.25) is 0 Å². The van der Waals surface area contributed by atoms with Crippen molar-refractivity contribution in [2.45, 2.75) is 31.7 Å². The van der Waals surface area contributed by atoms with Crippen LogP contribution in [0.25, 0.3) is 0 Å². The summed E-state index contributed by atoms with van der Waals surface area (Å²) in [5, 5.41) is 3.12. The first-order chi connectivity index (χ1) is 12.1. The summed E-state index contributed by atoms with van der Waals surface area (Å²) in [6, 6.07) is 10.6. The molecule has 2 amide bonds. The van der Waals surface area contributed by atoms with E-state index in [1.807, 2.05) is 17.0 Å². The molecule has 3 N–H and O–H groups in total. The van der Waals surface area contributed by atoms with Crippen LogP contribution >= 0.6 is 0 Å². The average molecular weight is 341 g/mol. The number of likely N-dealkylation sites (tertiary alicyclic amines) is 1. The van der Waals surface area contributed by atoms with E-state index in [1.165, 1.54) is 0 Å². The van der Waals surface area contributed by atoms with Crippen molar-refractivity contribution in [3.63, 3.8) is 0 Å². The molecule has 2 heterocycles. The molecular formula is C19H23N3O3. The highest BCUT2D eigenvalue weighted by atomic mass is 16.3. The minimum Gasteiger partial charge on any atom is -0.467 e. The fourth-order valence-electron chi connectivity index (χ4n) is 3.22. The van der Waals surface area contributed by atoms with Gasteiger partial charge in [-0.25, -0.2) is 0 Å². The predicted octanol–water partition coefficient (Wildman–Crippen LogP) is 2.93. The van der Waals surface area contributed by atoms with Gasteiger partial charge in [0.25, 0.3) is 0 Å². The first kappa shape index (κ1) is 17.1. The van der Waals surface area contributed by atoms with Crippen LogP contribution in [0.15, 0.2) is 47.1 Å². The molecular weight excluding hydrogens is 318 g/mol. The first-order valence-corrected chi connectivity index (χ1v) is 8.62. The summed E-state index contributed by atoms with van der Waals surface area (Å²) in [4.78, 5) is 25.8. The van der Waals surface area contributed by atoms with Crippen LogP contribution in [0, 0.1) is 0 Å². The highest BCUT2D eigenvalue weighted by molar-refractivity contribution is 5.93. The van der Waals surface area contributed by atoms with Crippen LogP contribution in [0.4, 0.5) is 5.69 Å². The second-order valence-electron chi connectivity index (χ2n) is 6.26.